The lowest BCUT2D eigenvalue weighted by molar-refractivity contribution is -0.921. The van der Waals surface area contributed by atoms with Gasteiger partial charge in [-0.25, -0.2) is 4.79 Å². The molecule has 0 spiro atoms. The molecule has 0 aliphatic heterocycles. The molecule has 0 fully saturated rings. The van der Waals surface area contributed by atoms with Crippen molar-refractivity contribution < 1.29 is 39.3 Å². The van der Waals surface area contributed by atoms with Crippen molar-refractivity contribution >= 4 is 17.9 Å². The third-order valence-corrected chi connectivity index (χ3v) is 3.97. The number of hydrogen-bond donors (Lipinski definition) is 4. The third kappa shape index (κ3) is 7.94. The van der Waals surface area contributed by atoms with Crippen LogP contribution in [0.15, 0.2) is 0 Å². The summed E-state index contributed by atoms with van der Waals surface area (Å²) in [6.45, 7) is 14.2. The van der Waals surface area contributed by atoms with Gasteiger partial charge in [-0.3, -0.25) is 9.59 Å². The van der Waals surface area contributed by atoms with E-state index in [2.05, 4.69) is 27.7 Å². The second-order valence-corrected chi connectivity index (χ2v) is 5.08. The van der Waals surface area contributed by atoms with E-state index in [1.807, 2.05) is 0 Å². The minimum absolute atomic E-state index is 1.14. The first kappa shape index (κ1) is 22.6. The van der Waals surface area contributed by atoms with E-state index < -0.39 is 36.4 Å². The summed E-state index contributed by atoms with van der Waals surface area (Å²) in [5, 5.41) is 33.8. The van der Waals surface area contributed by atoms with Gasteiger partial charge in [0.1, 0.15) is 0 Å². The highest BCUT2D eigenvalue weighted by atomic mass is 16.4. The first-order valence-corrected chi connectivity index (χ1v) is 7.26. The predicted molar refractivity (Wildman–Crippen MR) is 79.5 cm³/mol. The van der Waals surface area contributed by atoms with Gasteiger partial charge >= 0.3 is 17.9 Å². The van der Waals surface area contributed by atoms with Crippen LogP contribution >= 0.6 is 0 Å². The molecule has 0 unspecified atom stereocenters. The van der Waals surface area contributed by atoms with Crippen molar-refractivity contribution in [1.82, 2.24) is 0 Å². The Kier molecular flexibility index (Phi) is 10.4. The minimum Gasteiger partial charge on any atom is -0.481 e. The van der Waals surface area contributed by atoms with Gasteiger partial charge in [-0.1, -0.05) is 0 Å². The van der Waals surface area contributed by atoms with Gasteiger partial charge in [0.25, 0.3) is 0 Å². The van der Waals surface area contributed by atoms with Crippen LogP contribution in [0, 0.1) is 0 Å². The van der Waals surface area contributed by atoms with E-state index in [9.17, 15) is 14.4 Å². The Morgan fingerprint density at radius 2 is 1.05 bits per heavy atom. The fourth-order valence-corrected chi connectivity index (χ4v) is 2.06. The Balaban J connectivity index is 0. The molecule has 8 nitrogen and oxygen atoms in total. The molecule has 0 aromatic carbocycles. The standard InChI is InChI=1S/C8H20N.C6H8O7/c1-5-9(6-2,7-3)8-4;7-3(8)1-6(13,5(11)12)2-4(9)10/h5-8H2,1-4H3;13H,1-2H2,(H,7,8)(H,9,10)(H,11,12)/q+1;. The fourth-order valence-electron chi connectivity index (χ4n) is 2.06. The van der Waals surface area contributed by atoms with Crippen LogP contribution in [0.3, 0.4) is 0 Å². The number of hydrogen-bond acceptors (Lipinski definition) is 4. The summed E-state index contributed by atoms with van der Waals surface area (Å²) in [6, 6.07) is 0. The van der Waals surface area contributed by atoms with Crippen molar-refractivity contribution in [2.75, 3.05) is 26.2 Å². The quantitative estimate of drug-likeness (QED) is 0.458. The average Bonchev–Trinajstić information content (AvgIpc) is 2.40. The lowest BCUT2D eigenvalue weighted by atomic mass is 9.96. The summed E-state index contributed by atoms with van der Waals surface area (Å²) < 4.78 is 1.28. The molecule has 0 aliphatic rings. The van der Waals surface area contributed by atoms with Crippen molar-refractivity contribution in [2.45, 2.75) is 46.1 Å². The summed E-state index contributed by atoms with van der Waals surface area (Å²) in [7, 11) is 0. The van der Waals surface area contributed by atoms with Gasteiger partial charge in [-0.2, -0.15) is 0 Å². The molecule has 0 atom stereocenters. The molecule has 22 heavy (non-hydrogen) atoms. The zero-order valence-corrected chi connectivity index (χ0v) is 13.7. The molecule has 0 saturated heterocycles. The van der Waals surface area contributed by atoms with Gasteiger partial charge < -0.3 is 24.9 Å². The van der Waals surface area contributed by atoms with Gasteiger partial charge in [0, 0.05) is 0 Å². The van der Waals surface area contributed by atoms with E-state index in [4.69, 9.17) is 20.4 Å². The largest absolute Gasteiger partial charge is 0.481 e. The number of nitrogens with zero attached hydrogens (tertiary/aromatic N) is 1. The number of rotatable bonds is 9. The van der Waals surface area contributed by atoms with Gasteiger partial charge in [0.2, 0.25) is 0 Å². The summed E-state index contributed by atoms with van der Waals surface area (Å²) in [6.07, 6.45) is -2.29. The number of aliphatic carboxylic acids is 3. The molecule has 0 bridgehead atoms. The Morgan fingerprint density at radius 1 is 0.773 bits per heavy atom. The first-order valence-electron chi connectivity index (χ1n) is 7.26. The SMILES string of the molecule is CC[N+](CC)(CC)CC.O=C(O)CC(O)(CC(=O)O)C(=O)O. The first-order chi connectivity index (χ1) is 10.0. The second kappa shape index (κ2) is 10.1. The van der Waals surface area contributed by atoms with Crippen LogP contribution in [0.1, 0.15) is 40.5 Å². The predicted octanol–water partition coefficient (Wildman–Crippen LogP) is 0.634. The van der Waals surface area contributed by atoms with E-state index in [0.717, 1.165) is 0 Å². The Morgan fingerprint density at radius 3 is 1.14 bits per heavy atom. The molecule has 0 saturated carbocycles. The maximum Gasteiger partial charge on any atom is 0.336 e. The molecule has 0 aromatic rings. The van der Waals surface area contributed by atoms with E-state index in [0.29, 0.717) is 0 Å². The maximum atomic E-state index is 10.3. The van der Waals surface area contributed by atoms with Gasteiger partial charge in [0.15, 0.2) is 5.60 Å². The summed E-state index contributed by atoms with van der Waals surface area (Å²) in [5.74, 6) is -5.02. The van der Waals surface area contributed by atoms with Gasteiger partial charge in [-0.15, -0.1) is 0 Å². The van der Waals surface area contributed by atoms with Crippen LogP contribution in [-0.4, -0.2) is 74.6 Å². The van der Waals surface area contributed by atoms with E-state index in [1.54, 1.807) is 0 Å². The monoisotopic (exact) mass is 322 g/mol. The molecule has 0 heterocycles. The van der Waals surface area contributed by atoms with Crippen molar-refractivity contribution in [3.63, 3.8) is 0 Å². The molecular weight excluding hydrogens is 294 g/mol. The van der Waals surface area contributed by atoms with Crippen LogP contribution in [0.4, 0.5) is 0 Å². The number of carboxylic acid groups (broad SMARTS) is 3. The van der Waals surface area contributed by atoms with Crippen LogP contribution in [0.25, 0.3) is 0 Å². The van der Waals surface area contributed by atoms with Crippen LogP contribution in [0.5, 0.6) is 0 Å². The summed E-state index contributed by atoms with van der Waals surface area (Å²) >= 11 is 0. The highest BCUT2D eigenvalue weighted by Crippen LogP contribution is 2.15. The lowest BCUT2D eigenvalue weighted by Crippen LogP contribution is -2.47. The summed E-state index contributed by atoms with van der Waals surface area (Å²) in [4.78, 5) is 30.5. The highest BCUT2D eigenvalue weighted by molar-refractivity contribution is 5.88. The molecule has 0 aliphatic carbocycles. The molecule has 8 heteroatoms. The topological polar surface area (TPSA) is 132 Å². The molecule has 0 aromatic heterocycles. The number of aliphatic hydroxyl groups is 1. The average molecular weight is 322 g/mol. The summed E-state index contributed by atoms with van der Waals surface area (Å²) in [5.41, 5.74) is -2.74. The zero-order valence-electron chi connectivity index (χ0n) is 13.7. The number of carbonyl (C=O) groups is 3. The molecule has 4 N–H and O–H groups in total. The Bertz CT molecular complexity index is 344. The lowest BCUT2D eigenvalue weighted by Gasteiger charge is -2.34. The van der Waals surface area contributed by atoms with Crippen molar-refractivity contribution in [1.29, 1.82) is 0 Å². The van der Waals surface area contributed by atoms with Gasteiger partial charge in [0.05, 0.1) is 39.0 Å². The fraction of sp³-hybridized carbons (Fsp3) is 0.786. The van der Waals surface area contributed by atoms with Crippen LogP contribution in [0.2, 0.25) is 0 Å². The van der Waals surface area contributed by atoms with Crippen LogP contribution < -0.4 is 0 Å². The van der Waals surface area contributed by atoms with E-state index in [-0.39, 0.29) is 0 Å². The Hall–Kier alpha value is -1.67. The van der Waals surface area contributed by atoms with Crippen molar-refractivity contribution in [3.05, 3.63) is 0 Å². The second-order valence-electron chi connectivity index (χ2n) is 5.08. The third-order valence-electron chi connectivity index (χ3n) is 3.97. The minimum atomic E-state index is -2.74. The molecular formula is C14H28NO7+. The van der Waals surface area contributed by atoms with Crippen LogP contribution in [-0.2, 0) is 14.4 Å². The van der Waals surface area contributed by atoms with E-state index >= 15 is 0 Å². The zero-order chi connectivity index (χ0) is 18.0. The normalized spacial score (nSPS) is 11.3. The number of carboxylic acids is 3. The molecule has 0 radical (unpaired) electrons. The molecule has 130 valence electrons. The molecule has 0 rings (SSSR count). The van der Waals surface area contributed by atoms with E-state index in [1.165, 1.54) is 30.7 Å². The van der Waals surface area contributed by atoms with Crippen molar-refractivity contribution in [3.8, 4) is 0 Å². The highest BCUT2D eigenvalue weighted by Gasteiger charge is 2.40. The molecule has 0 amide bonds. The Labute approximate surface area is 130 Å². The number of quaternary nitrogens is 1. The smallest absolute Gasteiger partial charge is 0.336 e. The maximum absolute atomic E-state index is 10.3. The van der Waals surface area contributed by atoms with Gasteiger partial charge in [-0.05, 0) is 27.7 Å². The van der Waals surface area contributed by atoms with Crippen molar-refractivity contribution in [2.24, 2.45) is 0 Å².